The molecule has 0 spiro atoms. The maximum Gasteiger partial charge on any atom is 0.430 e. The third kappa shape index (κ3) is 12.1. The van der Waals surface area contributed by atoms with Crippen molar-refractivity contribution in [3.63, 3.8) is 0 Å². The number of ether oxygens (including phenoxy) is 2. The molecule has 0 saturated carbocycles. The van der Waals surface area contributed by atoms with Crippen LogP contribution in [0.5, 0.6) is 17.2 Å². The summed E-state index contributed by atoms with van der Waals surface area (Å²) in [7, 11) is -9.02. The lowest BCUT2D eigenvalue weighted by Gasteiger charge is -2.24. The van der Waals surface area contributed by atoms with E-state index in [0.29, 0.717) is 36.1 Å². The quantitative estimate of drug-likeness (QED) is 0.114. The number of aliphatic carboxylic acids is 1. The molecule has 7 N–H and O–H groups in total. The number of carbonyl (C=O) groups is 1. The largest absolute Gasteiger partial charge is 0.768 e. The van der Waals surface area contributed by atoms with Crippen LogP contribution in [0.2, 0.25) is 0 Å². The van der Waals surface area contributed by atoms with Crippen LogP contribution in [-0.2, 0) is 19.4 Å². The zero-order chi connectivity index (χ0) is 35.4. The number of nitriles is 1. The summed E-state index contributed by atoms with van der Waals surface area (Å²) in [4.78, 5) is 21.8. The van der Waals surface area contributed by atoms with Crippen molar-refractivity contribution in [3.05, 3.63) is 59.4 Å². The average Bonchev–Trinajstić information content (AvgIpc) is 3.49. The SMILES string of the molecule is Cc1c(-c2ccc(S(=O)(=O)NCP(=O)([O-])Oc3ccc(C#N)c(F)c3)s2)ccc(OCCC[NH3+])c1OCCC[NH3+].O=C([O-])C(F)(F)F. The molecule has 13 nitrogen and oxygen atoms in total. The van der Waals surface area contributed by atoms with Gasteiger partial charge in [-0.25, -0.2) is 17.5 Å². The summed E-state index contributed by atoms with van der Waals surface area (Å²) in [5.41, 5.74) is 8.85. The minimum atomic E-state index is -5.19. The number of carboxylic acid groups (broad SMARTS) is 1. The van der Waals surface area contributed by atoms with E-state index in [0.717, 1.165) is 60.0 Å². The fraction of sp³-hybridized carbons (Fsp3) is 0.333. The number of carboxylic acids is 1. The van der Waals surface area contributed by atoms with E-state index in [2.05, 4.69) is 11.5 Å². The molecule has 1 atom stereocenters. The van der Waals surface area contributed by atoms with Gasteiger partial charge in [-0.15, -0.1) is 11.3 Å². The molecule has 3 rings (SSSR count). The van der Waals surface area contributed by atoms with Gasteiger partial charge in [-0.05, 0) is 48.9 Å². The summed E-state index contributed by atoms with van der Waals surface area (Å²) in [6.45, 7) is 4.22. The molecule has 3 aromatic rings. The van der Waals surface area contributed by atoms with Crippen molar-refractivity contribution in [1.29, 1.82) is 5.26 Å². The Morgan fingerprint density at radius 2 is 1.70 bits per heavy atom. The highest BCUT2D eigenvalue weighted by Crippen LogP contribution is 2.42. The first-order chi connectivity index (χ1) is 22.0. The maximum atomic E-state index is 13.8. The molecule has 0 radical (unpaired) electrons. The molecule has 20 heteroatoms. The summed E-state index contributed by atoms with van der Waals surface area (Å²) in [6.07, 6.45) is -4.72. The lowest BCUT2D eigenvalue weighted by atomic mass is 10.1. The zero-order valence-corrected chi connectivity index (χ0v) is 27.3. The van der Waals surface area contributed by atoms with Crippen LogP contribution in [0.3, 0.4) is 0 Å². The molecular weight excluding hydrogens is 695 g/mol. The molecule has 0 bridgehead atoms. The highest BCUT2D eigenvalue weighted by molar-refractivity contribution is 7.92. The van der Waals surface area contributed by atoms with Gasteiger partial charge in [0.1, 0.15) is 27.8 Å². The van der Waals surface area contributed by atoms with E-state index in [1.165, 1.54) is 6.07 Å². The average molecular weight is 727 g/mol. The second-order valence-corrected chi connectivity index (χ2v) is 14.1. The predicted octanol–water partition coefficient (Wildman–Crippen LogP) is 0.923. The van der Waals surface area contributed by atoms with Gasteiger partial charge in [-0.1, -0.05) is 0 Å². The van der Waals surface area contributed by atoms with Crippen LogP contribution in [0.1, 0.15) is 24.0 Å². The first-order valence-electron chi connectivity index (χ1n) is 13.5. The van der Waals surface area contributed by atoms with Gasteiger partial charge in [0.2, 0.25) is 0 Å². The Hall–Kier alpha value is -3.76. The van der Waals surface area contributed by atoms with Crippen molar-refractivity contribution in [1.82, 2.24) is 4.72 Å². The molecule has 0 aliphatic heterocycles. The number of nitrogens with one attached hydrogen (secondary N) is 1. The van der Waals surface area contributed by atoms with Gasteiger partial charge in [0.15, 0.2) is 19.1 Å². The van der Waals surface area contributed by atoms with Crippen LogP contribution < -0.4 is 40.2 Å². The summed E-state index contributed by atoms with van der Waals surface area (Å²) in [6, 6.07) is 11.1. The lowest BCUT2D eigenvalue weighted by Crippen LogP contribution is -2.50. The zero-order valence-electron chi connectivity index (χ0n) is 24.8. The first kappa shape index (κ1) is 39.4. The molecule has 0 fully saturated rings. The fourth-order valence-corrected chi connectivity index (χ4v) is 7.37. The molecule has 0 saturated heterocycles. The van der Waals surface area contributed by atoms with E-state index < -0.39 is 41.9 Å². The number of alkyl halides is 3. The molecule has 0 amide bonds. The first-order valence-corrected chi connectivity index (χ1v) is 17.5. The third-order valence-electron chi connectivity index (χ3n) is 5.76. The predicted molar refractivity (Wildman–Crippen MR) is 156 cm³/mol. The Morgan fingerprint density at radius 3 is 2.26 bits per heavy atom. The molecule has 1 unspecified atom stereocenters. The number of halogens is 4. The summed E-state index contributed by atoms with van der Waals surface area (Å²) in [5.74, 6) is -3.20. The van der Waals surface area contributed by atoms with E-state index in [-0.39, 0.29) is 15.5 Å². The van der Waals surface area contributed by atoms with E-state index in [4.69, 9.17) is 29.2 Å². The Labute approximate surface area is 271 Å². The molecule has 0 aliphatic rings. The smallest absolute Gasteiger partial charge is 0.430 e. The number of rotatable bonds is 15. The summed E-state index contributed by atoms with van der Waals surface area (Å²) in [5, 5.41) is 17.6. The number of hydrogen-bond donors (Lipinski definition) is 3. The minimum absolute atomic E-state index is 0.110. The number of sulfonamides is 1. The van der Waals surface area contributed by atoms with Crippen LogP contribution in [0.15, 0.2) is 46.7 Å². The molecule has 47 heavy (non-hydrogen) atoms. The van der Waals surface area contributed by atoms with Gasteiger partial charge in [0.05, 0.1) is 38.2 Å². The number of benzene rings is 2. The van der Waals surface area contributed by atoms with Gasteiger partial charge in [0, 0.05) is 29.3 Å². The third-order valence-corrected chi connectivity index (χ3v) is 10.0. The highest BCUT2D eigenvalue weighted by Gasteiger charge is 2.29. The summed E-state index contributed by atoms with van der Waals surface area (Å²) < 4.78 is 102. The van der Waals surface area contributed by atoms with Crippen LogP contribution in [-0.4, -0.2) is 53.2 Å². The topological polar surface area (TPSA) is 233 Å². The minimum Gasteiger partial charge on any atom is -0.768 e. The van der Waals surface area contributed by atoms with Gasteiger partial charge in [0.25, 0.3) is 10.0 Å². The second kappa shape index (κ2) is 17.4. The van der Waals surface area contributed by atoms with Crippen LogP contribution in [0.25, 0.3) is 10.4 Å². The van der Waals surface area contributed by atoms with Crippen molar-refractivity contribution < 1.29 is 70.8 Å². The Balaban J connectivity index is 0.000000984. The number of quaternary nitrogens is 2. The monoisotopic (exact) mass is 726 g/mol. The number of nitrogens with zero attached hydrogens (tertiary/aromatic N) is 1. The number of hydrogen-bond acceptors (Lipinski definition) is 11. The van der Waals surface area contributed by atoms with Crippen molar-refractivity contribution in [3.8, 4) is 33.8 Å². The second-order valence-electron chi connectivity index (χ2n) is 9.34. The number of thiophene rings is 1. The molecular formula is C27H31F4N4O9PS2. The number of carbonyl (C=O) groups excluding carboxylic acids is 1. The van der Waals surface area contributed by atoms with Crippen molar-refractivity contribution in [2.75, 3.05) is 32.6 Å². The van der Waals surface area contributed by atoms with Gasteiger partial charge < -0.3 is 40.3 Å². The van der Waals surface area contributed by atoms with Gasteiger partial charge >= 0.3 is 6.18 Å². The Morgan fingerprint density at radius 1 is 1.09 bits per heavy atom. The van der Waals surface area contributed by atoms with Crippen molar-refractivity contribution in [2.24, 2.45) is 0 Å². The Kier molecular flexibility index (Phi) is 14.6. The standard InChI is InChI=1S/C25H30FN4O7PS2.C2HF3O2/c1-17-20(6-7-22(35-12-2-10-27)25(17)36-13-3-11-28)23-8-9-24(39-23)40(33,34)30-16-38(31,32)37-19-5-4-18(15-29)21(26)14-19;3-2(4,5)1(6)7/h4-9,14,30H,2-3,10-13,16,27-28H2,1H3,(H,31,32);(H,6,7). The maximum absolute atomic E-state index is 13.8. The van der Waals surface area contributed by atoms with Crippen LogP contribution >= 0.6 is 18.9 Å². The molecule has 1 heterocycles. The van der Waals surface area contributed by atoms with Gasteiger partial charge in [-0.3, -0.25) is 4.57 Å². The normalized spacial score (nSPS) is 12.7. The van der Waals surface area contributed by atoms with Gasteiger partial charge in [-0.2, -0.15) is 18.4 Å². The molecule has 2 aromatic carbocycles. The molecule has 258 valence electrons. The Bertz CT molecular complexity index is 1730. The van der Waals surface area contributed by atoms with Crippen LogP contribution in [0, 0.1) is 24.1 Å². The molecule has 1 aromatic heterocycles. The van der Waals surface area contributed by atoms with Crippen molar-refractivity contribution in [2.45, 2.75) is 30.2 Å². The fourth-order valence-electron chi connectivity index (χ4n) is 3.47. The van der Waals surface area contributed by atoms with Crippen molar-refractivity contribution >= 4 is 34.9 Å². The van der Waals surface area contributed by atoms with E-state index in [1.54, 1.807) is 18.2 Å². The highest BCUT2D eigenvalue weighted by atomic mass is 32.2. The van der Waals surface area contributed by atoms with E-state index in [9.17, 15) is 35.4 Å². The van der Waals surface area contributed by atoms with Crippen LogP contribution in [0.4, 0.5) is 17.6 Å². The van der Waals surface area contributed by atoms with E-state index >= 15 is 0 Å². The van der Waals surface area contributed by atoms with E-state index in [1.807, 2.05) is 17.7 Å². The summed E-state index contributed by atoms with van der Waals surface area (Å²) >= 11 is 0.954. The lowest BCUT2D eigenvalue weighted by molar-refractivity contribution is -0.369. The molecule has 0 aliphatic carbocycles.